The fourth-order valence-corrected chi connectivity index (χ4v) is 2.23. The Bertz CT molecular complexity index is 325. The van der Waals surface area contributed by atoms with E-state index in [9.17, 15) is 0 Å². The van der Waals surface area contributed by atoms with Crippen molar-refractivity contribution in [1.82, 2.24) is 15.2 Å². The van der Waals surface area contributed by atoms with E-state index in [2.05, 4.69) is 34.3 Å². The summed E-state index contributed by atoms with van der Waals surface area (Å²) in [5, 5.41) is 3.37. The Kier molecular flexibility index (Phi) is 5.58. The largest absolute Gasteiger partial charge is 0.376 e. The van der Waals surface area contributed by atoms with Crippen LogP contribution in [0.25, 0.3) is 0 Å². The van der Waals surface area contributed by atoms with E-state index in [1.807, 2.05) is 12.4 Å². The standard InChI is InChI=1S/C14H23N3O/c1-2-17(12-13-3-6-15-7-4-13)9-5-14-11-16-8-10-18-14/h3-4,6-7,14,16H,2,5,8-12H2,1H3. The van der Waals surface area contributed by atoms with E-state index in [1.54, 1.807) is 0 Å². The van der Waals surface area contributed by atoms with Crippen molar-refractivity contribution < 1.29 is 4.74 Å². The van der Waals surface area contributed by atoms with E-state index in [1.165, 1.54) is 5.56 Å². The van der Waals surface area contributed by atoms with E-state index < -0.39 is 0 Å². The van der Waals surface area contributed by atoms with Crippen molar-refractivity contribution in [2.24, 2.45) is 0 Å². The van der Waals surface area contributed by atoms with Crippen LogP contribution >= 0.6 is 0 Å². The molecule has 0 saturated carbocycles. The lowest BCUT2D eigenvalue weighted by Crippen LogP contribution is -2.40. The summed E-state index contributed by atoms with van der Waals surface area (Å²) in [5.41, 5.74) is 1.33. The van der Waals surface area contributed by atoms with Gasteiger partial charge in [0.05, 0.1) is 12.7 Å². The third kappa shape index (κ3) is 4.37. The smallest absolute Gasteiger partial charge is 0.0712 e. The van der Waals surface area contributed by atoms with Crippen LogP contribution in [0, 0.1) is 0 Å². The molecule has 1 N–H and O–H groups in total. The highest BCUT2D eigenvalue weighted by molar-refractivity contribution is 5.09. The van der Waals surface area contributed by atoms with Crippen molar-refractivity contribution in [3.05, 3.63) is 30.1 Å². The molecule has 0 aromatic carbocycles. The molecule has 1 aromatic rings. The van der Waals surface area contributed by atoms with Gasteiger partial charge in [-0.05, 0) is 30.7 Å². The highest BCUT2D eigenvalue weighted by Gasteiger charge is 2.14. The first kappa shape index (κ1) is 13.5. The van der Waals surface area contributed by atoms with Crippen molar-refractivity contribution in [2.45, 2.75) is 26.0 Å². The van der Waals surface area contributed by atoms with Gasteiger partial charge in [-0.1, -0.05) is 6.92 Å². The Morgan fingerprint density at radius 3 is 2.94 bits per heavy atom. The highest BCUT2D eigenvalue weighted by Crippen LogP contribution is 2.07. The lowest BCUT2D eigenvalue weighted by atomic mass is 10.2. The van der Waals surface area contributed by atoms with Crippen LogP contribution in [0.15, 0.2) is 24.5 Å². The van der Waals surface area contributed by atoms with Crippen molar-refractivity contribution in [2.75, 3.05) is 32.8 Å². The molecule has 0 radical (unpaired) electrons. The first-order valence-corrected chi connectivity index (χ1v) is 6.82. The minimum Gasteiger partial charge on any atom is -0.376 e. The predicted octanol–water partition coefficient (Wildman–Crippen LogP) is 1.28. The maximum Gasteiger partial charge on any atom is 0.0712 e. The van der Waals surface area contributed by atoms with Crippen LogP contribution in [-0.4, -0.2) is 48.8 Å². The molecule has 1 aliphatic rings. The summed E-state index contributed by atoms with van der Waals surface area (Å²) in [4.78, 5) is 6.50. The molecule has 0 bridgehead atoms. The summed E-state index contributed by atoms with van der Waals surface area (Å²) in [6.45, 7) is 8.20. The molecule has 1 aromatic heterocycles. The second-order valence-corrected chi connectivity index (χ2v) is 4.71. The lowest BCUT2D eigenvalue weighted by molar-refractivity contribution is 0.0172. The van der Waals surface area contributed by atoms with Gasteiger partial charge in [-0.15, -0.1) is 0 Å². The van der Waals surface area contributed by atoms with E-state index in [0.29, 0.717) is 6.10 Å². The summed E-state index contributed by atoms with van der Waals surface area (Å²) in [5.74, 6) is 0. The van der Waals surface area contributed by atoms with Gasteiger partial charge in [-0.25, -0.2) is 0 Å². The average molecular weight is 249 g/mol. The molecule has 1 unspecified atom stereocenters. The van der Waals surface area contributed by atoms with Crippen molar-refractivity contribution in [3.63, 3.8) is 0 Å². The number of morpholine rings is 1. The molecular weight excluding hydrogens is 226 g/mol. The number of nitrogens with one attached hydrogen (secondary N) is 1. The third-order valence-electron chi connectivity index (χ3n) is 3.37. The van der Waals surface area contributed by atoms with E-state index in [4.69, 9.17) is 4.74 Å². The van der Waals surface area contributed by atoms with E-state index in [-0.39, 0.29) is 0 Å². The Hall–Kier alpha value is -0.970. The van der Waals surface area contributed by atoms with Crippen LogP contribution in [0.1, 0.15) is 18.9 Å². The van der Waals surface area contributed by atoms with Crippen LogP contribution in [0.3, 0.4) is 0 Å². The number of hydrogen-bond acceptors (Lipinski definition) is 4. The summed E-state index contributed by atoms with van der Waals surface area (Å²) in [6, 6.07) is 4.17. The van der Waals surface area contributed by atoms with E-state index in [0.717, 1.165) is 45.8 Å². The molecule has 1 saturated heterocycles. The molecule has 0 amide bonds. The maximum atomic E-state index is 5.72. The molecule has 2 rings (SSSR count). The average Bonchev–Trinajstić information content (AvgIpc) is 2.45. The molecule has 100 valence electrons. The number of hydrogen-bond donors (Lipinski definition) is 1. The van der Waals surface area contributed by atoms with Crippen LogP contribution < -0.4 is 5.32 Å². The van der Waals surface area contributed by atoms with Crippen molar-refractivity contribution >= 4 is 0 Å². The first-order chi connectivity index (χ1) is 8.88. The van der Waals surface area contributed by atoms with E-state index >= 15 is 0 Å². The quantitative estimate of drug-likeness (QED) is 0.824. The van der Waals surface area contributed by atoms with Gasteiger partial charge in [0, 0.05) is 38.6 Å². The Labute approximate surface area is 109 Å². The highest BCUT2D eigenvalue weighted by atomic mass is 16.5. The molecule has 18 heavy (non-hydrogen) atoms. The van der Waals surface area contributed by atoms with Gasteiger partial charge in [0.1, 0.15) is 0 Å². The maximum absolute atomic E-state index is 5.72. The van der Waals surface area contributed by atoms with Gasteiger partial charge in [0.15, 0.2) is 0 Å². The van der Waals surface area contributed by atoms with Crippen molar-refractivity contribution in [3.8, 4) is 0 Å². The first-order valence-electron chi connectivity index (χ1n) is 6.82. The van der Waals surface area contributed by atoms with Gasteiger partial charge in [0.25, 0.3) is 0 Å². The fourth-order valence-electron chi connectivity index (χ4n) is 2.23. The molecular formula is C14H23N3O. The predicted molar refractivity (Wildman–Crippen MR) is 72.4 cm³/mol. The number of ether oxygens (including phenoxy) is 1. The molecule has 4 heteroatoms. The molecule has 0 aliphatic carbocycles. The van der Waals surface area contributed by atoms with Gasteiger partial charge >= 0.3 is 0 Å². The van der Waals surface area contributed by atoms with Crippen LogP contribution in [0.5, 0.6) is 0 Å². The van der Waals surface area contributed by atoms with Gasteiger partial charge < -0.3 is 10.1 Å². The number of rotatable bonds is 6. The van der Waals surface area contributed by atoms with Gasteiger partial charge in [0.2, 0.25) is 0 Å². The number of aromatic nitrogens is 1. The summed E-state index contributed by atoms with van der Waals surface area (Å²) >= 11 is 0. The molecule has 1 fully saturated rings. The minimum atomic E-state index is 0.380. The van der Waals surface area contributed by atoms with Crippen molar-refractivity contribution in [1.29, 1.82) is 0 Å². The summed E-state index contributed by atoms with van der Waals surface area (Å²) < 4.78 is 5.72. The Balaban J connectivity index is 1.75. The SMILES string of the molecule is CCN(CCC1CNCCO1)Cc1ccncc1. The summed E-state index contributed by atoms with van der Waals surface area (Å²) in [6.07, 6.45) is 5.20. The summed E-state index contributed by atoms with van der Waals surface area (Å²) in [7, 11) is 0. The van der Waals surface area contributed by atoms with Crippen LogP contribution in [0.4, 0.5) is 0 Å². The normalized spacial score (nSPS) is 20.2. The van der Waals surface area contributed by atoms with Gasteiger partial charge in [-0.2, -0.15) is 0 Å². The molecule has 1 atom stereocenters. The molecule has 1 aliphatic heterocycles. The number of nitrogens with zero attached hydrogens (tertiary/aromatic N) is 2. The van der Waals surface area contributed by atoms with Gasteiger partial charge in [-0.3, -0.25) is 9.88 Å². The monoisotopic (exact) mass is 249 g/mol. The zero-order valence-corrected chi connectivity index (χ0v) is 11.1. The topological polar surface area (TPSA) is 37.4 Å². The second kappa shape index (κ2) is 7.46. The number of pyridine rings is 1. The molecule has 2 heterocycles. The third-order valence-corrected chi connectivity index (χ3v) is 3.37. The minimum absolute atomic E-state index is 0.380. The Morgan fingerprint density at radius 2 is 2.28 bits per heavy atom. The van der Waals surface area contributed by atoms with Crippen LogP contribution in [-0.2, 0) is 11.3 Å². The zero-order chi connectivity index (χ0) is 12.6. The molecule has 0 spiro atoms. The zero-order valence-electron chi connectivity index (χ0n) is 11.1. The Morgan fingerprint density at radius 1 is 1.44 bits per heavy atom. The van der Waals surface area contributed by atoms with Crippen LogP contribution in [0.2, 0.25) is 0 Å². The second-order valence-electron chi connectivity index (χ2n) is 4.71. The fraction of sp³-hybridized carbons (Fsp3) is 0.643. The lowest BCUT2D eigenvalue weighted by Gasteiger charge is -2.27. The molecule has 4 nitrogen and oxygen atoms in total.